The molecule has 0 bridgehead atoms. The highest BCUT2D eigenvalue weighted by atomic mass is 35.5. The summed E-state index contributed by atoms with van der Waals surface area (Å²) in [4.78, 5) is 25.3. The maximum absolute atomic E-state index is 12.0. The molecule has 1 aromatic carbocycles. The first kappa shape index (κ1) is 17.3. The second-order valence-corrected chi connectivity index (χ2v) is 6.56. The van der Waals surface area contributed by atoms with E-state index in [1.165, 1.54) is 12.1 Å². The summed E-state index contributed by atoms with van der Waals surface area (Å²) >= 11 is 17.8. The van der Waals surface area contributed by atoms with E-state index in [2.05, 4.69) is 10.6 Å². The Balaban J connectivity index is 1.85. The van der Waals surface area contributed by atoms with Gasteiger partial charge >= 0.3 is 0 Å². The fourth-order valence-corrected chi connectivity index (χ4v) is 2.80. The third-order valence-corrected chi connectivity index (χ3v) is 3.86. The molecule has 1 saturated carbocycles. The second-order valence-electron chi connectivity index (χ2n) is 5.31. The van der Waals surface area contributed by atoms with Crippen molar-refractivity contribution in [2.24, 2.45) is 0 Å². The predicted molar refractivity (Wildman–Crippen MR) is 88.8 cm³/mol. The molecule has 120 valence electrons. The lowest BCUT2D eigenvalue weighted by molar-refractivity contribution is -0.123. The van der Waals surface area contributed by atoms with Gasteiger partial charge in [-0.25, -0.2) is 0 Å². The van der Waals surface area contributed by atoms with Gasteiger partial charge in [0.05, 0.1) is 28.8 Å². The number of nitrogens with one attached hydrogen (secondary N) is 2. The fraction of sp³-hybridized carbons (Fsp3) is 0.429. The Morgan fingerprint density at radius 3 is 2.23 bits per heavy atom. The van der Waals surface area contributed by atoms with Gasteiger partial charge in [-0.15, -0.1) is 0 Å². The van der Waals surface area contributed by atoms with Gasteiger partial charge in [0.25, 0.3) is 0 Å². The molecule has 0 atom stereocenters. The van der Waals surface area contributed by atoms with Crippen molar-refractivity contribution < 1.29 is 9.59 Å². The molecular weight excluding hydrogens is 349 g/mol. The molecule has 0 aromatic heterocycles. The van der Waals surface area contributed by atoms with Crippen LogP contribution in [0.1, 0.15) is 12.8 Å². The van der Waals surface area contributed by atoms with E-state index >= 15 is 0 Å². The summed E-state index contributed by atoms with van der Waals surface area (Å²) in [5, 5.41) is 6.41. The number of hydrogen-bond donors (Lipinski definition) is 2. The molecule has 0 aliphatic heterocycles. The van der Waals surface area contributed by atoms with Crippen LogP contribution in [-0.2, 0) is 9.59 Å². The minimum atomic E-state index is -0.312. The fourth-order valence-electron chi connectivity index (χ4n) is 1.89. The van der Waals surface area contributed by atoms with E-state index in [1.807, 2.05) is 0 Å². The smallest absolute Gasteiger partial charge is 0.238 e. The predicted octanol–water partition coefficient (Wildman–Crippen LogP) is 2.80. The zero-order valence-electron chi connectivity index (χ0n) is 12.0. The van der Waals surface area contributed by atoms with Crippen LogP contribution in [0, 0.1) is 0 Å². The highest BCUT2D eigenvalue weighted by Crippen LogP contribution is 2.33. The van der Waals surface area contributed by atoms with Crippen LogP contribution >= 0.6 is 34.8 Å². The number of carbonyl (C=O) groups excluding carboxylic acids is 2. The number of halogens is 3. The minimum absolute atomic E-state index is 0.0490. The molecule has 2 amide bonds. The molecule has 1 aliphatic carbocycles. The van der Waals surface area contributed by atoms with Gasteiger partial charge in [-0.05, 0) is 32.0 Å². The Labute approximate surface area is 143 Å². The van der Waals surface area contributed by atoms with Crippen molar-refractivity contribution in [1.29, 1.82) is 0 Å². The summed E-state index contributed by atoms with van der Waals surface area (Å²) in [6.07, 6.45) is 2.06. The van der Waals surface area contributed by atoms with Crippen LogP contribution in [0.15, 0.2) is 12.1 Å². The molecule has 22 heavy (non-hydrogen) atoms. The van der Waals surface area contributed by atoms with E-state index in [1.54, 1.807) is 11.9 Å². The summed E-state index contributed by atoms with van der Waals surface area (Å²) < 4.78 is 0. The lowest BCUT2D eigenvalue weighted by atomic mass is 10.3. The average molecular weight is 365 g/mol. The topological polar surface area (TPSA) is 61.4 Å². The van der Waals surface area contributed by atoms with Gasteiger partial charge in [0, 0.05) is 11.1 Å². The number of likely N-dealkylation sites (N-methyl/N-ethyl adjacent to an activating group) is 1. The van der Waals surface area contributed by atoms with Crippen molar-refractivity contribution >= 4 is 52.3 Å². The number of amides is 2. The monoisotopic (exact) mass is 363 g/mol. The van der Waals surface area contributed by atoms with Gasteiger partial charge < -0.3 is 10.6 Å². The van der Waals surface area contributed by atoms with E-state index in [0.717, 1.165) is 12.8 Å². The molecule has 0 spiro atoms. The highest BCUT2D eigenvalue weighted by Gasteiger charge is 2.23. The summed E-state index contributed by atoms with van der Waals surface area (Å²) in [7, 11) is 1.69. The molecule has 1 fully saturated rings. The molecule has 0 radical (unpaired) electrons. The van der Waals surface area contributed by atoms with E-state index < -0.39 is 0 Å². The SMILES string of the molecule is CN(CC(=O)Nc1c(Cl)cc(Cl)cc1Cl)CC(=O)NC1CC1. The second kappa shape index (κ2) is 7.51. The summed E-state index contributed by atoms with van der Waals surface area (Å²) in [5.41, 5.74) is 0.313. The van der Waals surface area contributed by atoms with E-state index in [-0.39, 0.29) is 34.9 Å². The number of hydrogen-bond acceptors (Lipinski definition) is 3. The van der Waals surface area contributed by atoms with Crippen molar-refractivity contribution in [2.75, 3.05) is 25.5 Å². The van der Waals surface area contributed by atoms with E-state index in [4.69, 9.17) is 34.8 Å². The molecule has 1 aliphatic rings. The van der Waals surface area contributed by atoms with Gasteiger partial charge in [0.15, 0.2) is 0 Å². The minimum Gasteiger partial charge on any atom is -0.352 e. The Hall–Kier alpha value is -1.01. The van der Waals surface area contributed by atoms with Crippen molar-refractivity contribution in [1.82, 2.24) is 10.2 Å². The Kier molecular flexibility index (Phi) is 5.92. The van der Waals surface area contributed by atoms with Crippen LogP contribution in [0.4, 0.5) is 5.69 Å². The zero-order chi connectivity index (χ0) is 16.3. The molecular formula is C14H16Cl3N3O2. The molecule has 0 heterocycles. The van der Waals surface area contributed by atoms with Crippen LogP contribution in [0.5, 0.6) is 0 Å². The first-order valence-electron chi connectivity index (χ1n) is 6.77. The molecule has 8 heteroatoms. The largest absolute Gasteiger partial charge is 0.352 e. The van der Waals surface area contributed by atoms with E-state index in [9.17, 15) is 9.59 Å². The van der Waals surface area contributed by atoms with Gasteiger partial charge in [-0.2, -0.15) is 0 Å². The van der Waals surface area contributed by atoms with E-state index in [0.29, 0.717) is 16.8 Å². The van der Waals surface area contributed by atoms with Crippen LogP contribution in [0.2, 0.25) is 15.1 Å². The molecule has 0 saturated heterocycles. The molecule has 5 nitrogen and oxygen atoms in total. The summed E-state index contributed by atoms with van der Waals surface area (Å²) in [6, 6.07) is 3.30. The van der Waals surface area contributed by atoms with Crippen molar-refractivity contribution in [2.45, 2.75) is 18.9 Å². The maximum Gasteiger partial charge on any atom is 0.238 e. The lowest BCUT2D eigenvalue weighted by Gasteiger charge is -2.16. The highest BCUT2D eigenvalue weighted by molar-refractivity contribution is 6.42. The number of carbonyl (C=O) groups is 2. The van der Waals surface area contributed by atoms with Crippen LogP contribution < -0.4 is 10.6 Å². The average Bonchev–Trinajstić information content (AvgIpc) is 3.17. The van der Waals surface area contributed by atoms with Crippen molar-refractivity contribution in [3.63, 3.8) is 0 Å². The van der Waals surface area contributed by atoms with Crippen molar-refractivity contribution in [3.8, 4) is 0 Å². The molecule has 0 unspecified atom stereocenters. The summed E-state index contributed by atoms with van der Waals surface area (Å²) in [6.45, 7) is 0.208. The van der Waals surface area contributed by atoms with Gasteiger partial charge in [0.2, 0.25) is 11.8 Å². The zero-order valence-corrected chi connectivity index (χ0v) is 14.2. The number of benzene rings is 1. The van der Waals surface area contributed by atoms with Crippen LogP contribution in [0.25, 0.3) is 0 Å². The van der Waals surface area contributed by atoms with Gasteiger partial charge in [-0.1, -0.05) is 34.8 Å². The normalized spacial score (nSPS) is 14.0. The Morgan fingerprint density at radius 1 is 1.14 bits per heavy atom. The number of rotatable bonds is 6. The standard InChI is InChI=1S/C14H16Cl3N3O2/c1-20(6-12(21)18-9-2-3-9)7-13(22)19-14-10(16)4-8(15)5-11(14)17/h4-5,9H,2-3,6-7H2,1H3,(H,18,21)(H,19,22). The Bertz CT molecular complexity index is 568. The summed E-state index contributed by atoms with van der Waals surface area (Å²) in [5.74, 6) is -0.395. The molecule has 1 aromatic rings. The maximum atomic E-state index is 12.0. The van der Waals surface area contributed by atoms with Crippen LogP contribution in [0.3, 0.4) is 0 Å². The lowest BCUT2D eigenvalue weighted by Crippen LogP contribution is -2.39. The number of anilines is 1. The van der Waals surface area contributed by atoms with Crippen molar-refractivity contribution in [3.05, 3.63) is 27.2 Å². The number of nitrogens with zero attached hydrogens (tertiary/aromatic N) is 1. The van der Waals surface area contributed by atoms with Gasteiger partial charge in [-0.3, -0.25) is 14.5 Å². The van der Waals surface area contributed by atoms with Crippen LogP contribution in [-0.4, -0.2) is 42.9 Å². The van der Waals surface area contributed by atoms with Gasteiger partial charge in [0.1, 0.15) is 0 Å². The Morgan fingerprint density at radius 2 is 1.68 bits per heavy atom. The first-order valence-corrected chi connectivity index (χ1v) is 7.91. The first-order chi connectivity index (χ1) is 10.3. The third-order valence-electron chi connectivity index (χ3n) is 3.04. The molecule has 2 N–H and O–H groups in total. The molecule has 2 rings (SSSR count). The quantitative estimate of drug-likeness (QED) is 0.816. The third kappa shape index (κ3) is 5.32.